The highest BCUT2D eigenvalue weighted by atomic mass is 16.5. The van der Waals surface area contributed by atoms with Crippen LogP contribution >= 0.6 is 0 Å². The molecule has 0 saturated carbocycles. The van der Waals surface area contributed by atoms with Crippen LogP contribution in [0.4, 0.5) is 0 Å². The van der Waals surface area contributed by atoms with Gasteiger partial charge in [0, 0.05) is 12.6 Å². The summed E-state index contributed by atoms with van der Waals surface area (Å²) in [5, 5.41) is 12.1. The molecule has 0 aliphatic carbocycles. The van der Waals surface area contributed by atoms with E-state index in [0.29, 0.717) is 16.9 Å². The van der Waals surface area contributed by atoms with E-state index in [4.69, 9.17) is 4.74 Å². The maximum absolute atomic E-state index is 12.4. The molecule has 0 aliphatic rings. The van der Waals surface area contributed by atoms with Crippen molar-refractivity contribution in [1.82, 2.24) is 4.57 Å². The van der Waals surface area contributed by atoms with E-state index < -0.39 is 0 Å². The zero-order valence-electron chi connectivity index (χ0n) is 12.3. The highest BCUT2D eigenvalue weighted by molar-refractivity contribution is 5.79. The highest BCUT2D eigenvalue weighted by Gasteiger charge is 2.08. The van der Waals surface area contributed by atoms with Crippen LogP contribution in [0.15, 0.2) is 59.4 Å². The lowest BCUT2D eigenvalue weighted by atomic mass is 10.1. The number of rotatable bonds is 4. The summed E-state index contributed by atoms with van der Waals surface area (Å²) in [5.41, 5.74) is 1.97. The summed E-state index contributed by atoms with van der Waals surface area (Å²) in [6, 6.07) is 16.7. The van der Waals surface area contributed by atoms with Crippen LogP contribution in [0, 0.1) is 0 Å². The fourth-order valence-corrected chi connectivity index (χ4v) is 2.51. The molecule has 0 bridgehead atoms. The first-order chi connectivity index (χ1) is 10.7. The van der Waals surface area contributed by atoms with Gasteiger partial charge in [-0.2, -0.15) is 0 Å². The average Bonchev–Trinajstić information content (AvgIpc) is 2.57. The summed E-state index contributed by atoms with van der Waals surface area (Å²) < 4.78 is 7.30. The van der Waals surface area contributed by atoms with Gasteiger partial charge in [-0.25, -0.2) is 5.11 Å². The number of para-hydroxylation sites is 2. The van der Waals surface area contributed by atoms with E-state index >= 15 is 0 Å². The Bertz CT molecular complexity index is 868. The van der Waals surface area contributed by atoms with Crippen LogP contribution in [0.25, 0.3) is 10.9 Å². The van der Waals surface area contributed by atoms with E-state index in [1.54, 1.807) is 29.8 Å². The van der Waals surface area contributed by atoms with Crippen molar-refractivity contribution in [2.24, 2.45) is 7.05 Å². The third-order valence-electron chi connectivity index (χ3n) is 3.72. The second-order valence-electron chi connectivity index (χ2n) is 5.13. The van der Waals surface area contributed by atoms with E-state index in [1.165, 1.54) is 0 Å². The van der Waals surface area contributed by atoms with Crippen molar-refractivity contribution < 1.29 is 9.84 Å². The van der Waals surface area contributed by atoms with Crippen molar-refractivity contribution in [3.63, 3.8) is 0 Å². The fraction of sp³-hybridized carbons (Fsp3) is 0.167. The molecule has 0 N–H and O–H groups in total. The number of fused-ring (bicyclic) bond motifs is 1. The summed E-state index contributed by atoms with van der Waals surface area (Å²) in [6.45, 7) is -0.194. The Morgan fingerprint density at radius 3 is 2.55 bits per heavy atom. The number of nitrogens with zero attached hydrogens (tertiary/aromatic N) is 1. The zero-order chi connectivity index (χ0) is 15.5. The Labute approximate surface area is 128 Å². The van der Waals surface area contributed by atoms with Gasteiger partial charge in [0.05, 0.1) is 11.1 Å². The Hall–Kier alpha value is -2.59. The van der Waals surface area contributed by atoms with Gasteiger partial charge in [0.15, 0.2) is 0 Å². The molecule has 1 radical (unpaired) electrons. The molecule has 2 aromatic carbocycles. The van der Waals surface area contributed by atoms with E-state index in [2.05, 4.69) is 0 Å². The zero-order valence-corrected chi connectivity index (χ0v) is 12.3. The minimum atomic E-state index is -0.341. The first-order valence-corrected chi connectivity index (χ1v) is 7.07. The maximum atomic E-state index is 12.4. The number of ether oxygens (including phenoxy) is 1. The van der Waals surface area contributed by atoms with Crippen LogP contribution in [0.3, 0.4) is 0 Å². The minimum Gasteiger partial charge on any atom is -0.488 e. The summed E-state index contributed by atoms with van der Waals surface area (Å²) in [6.07, 6.45) is 0. The van der Waals surface area contributed by atoms with Gasteiger partial charge < -0.3 is 9.30 Å². The fourth-order valence-electron chi connectivity index (χ4n) is 2.51. The molecule has 111 valence electrons. The van der Waals surface area contributed by atoms with E-state index in [-0.39, 0.29) is 18.8 Å². The third kappa shape index (κ3) is 2.61. The number of aromatic nitrogens is 1. The lowest BCUT2D eigenvalue weighted by Crippen LogP contribution is -2.22. The molecule has 0 aliphatic heterocycles. The number of aryl methyl sites for hydroxylation is 1. The monoisotopic (exact) mass is 294 g/mol. The van der Waals surface area contributed by atoms with Crippen molar-refractivity contribution in [2.75, 3.05) is 0 Å². The second-order valence-corrected chi connectivity index (χ2v) is 5.13. The molecule has 1 heterocycles. The first-order valence-electron chi connectivity index (χ1n) is 7.07. The van der Waals surface area contributed by atoms with E-state index in [1.807, 2.05) is 36.4 Å². The van der Waals surface area contributed by atoms with E-state index in [0.717, 1.165) is 10.9 Å². The lowest BCUT2D eigenvalue weighted by molar-refractivity contribution is 0.171. The van der Waals surface area contributed by atoms with Crippen molar-refractivity contribution in [2.45, 2.75) is 13.2 Å². The van der Waals surface area contributed by atoms with Crippen LogP contribution < -0.4 is 10.3 Å². The molecule has 3 rings (SSSR count). The Kier molecular flexibility index (Phi) is 3.94. The first kappa shape index (κ1) is 14.4. The lowest BCUT2D eigenvalue weighted by Gasteiger charge is -2.11. The molecule has 3 aromatic rings. The Morgan fingerprint density at radius 2 is 1.73 bits per heavy atom. The number of hydrogen-bond donors (Lipinski definition) is 0. The molecule has 0 unspecified atom stereocenters. The molecule has 0 saturated heterocycles. The smallest absolute Gasteiger partial charge is 0.257 e. The predicted molar refractivity (Wildman–Crippen MR) is 84.4 cm³/mol. The van der Waals surface area contributed by atoms with Gasteiger partial charge in [0.2, 0.25) is 0 Å². The highest BCUT2D eigenvalue weighted by Crippen LogP contribution is 2.19. The maximum Gasteiger partial charge on any atom is 0.257 e. The quantitative estimate of drug-likeness (QED) is 0.742. The van der Waals surface area contributed by atoms with Crippen molar-refractivity contribution in [3.8, 4) is 5.75 Å². The van der Waals surface area contributed by atoms with Crippen LogP contribution in [0.5, 0.6) is 5.75 Å². The molecule has 0 atom stereocenters. The van der Waals surface area contributed by atoms with Crippen molar-refractivity contribution >= 4 is 10.9 Å². The second kappa shape index (κ2) is 6.03. The molecule has 4 nitrogen and oxygen atoms in total. The van der Waals surface area contributed by atoms with Crippen LogP contribution in [0.1, 0.15) is 11.1 Å². The summed E-state index contributed by atoms with van der Waals surface area (Å²) in [7, 11) is 1.75. The van der Waals surface area contributed by atoms with Gasteiger partial charge >= 0.3 is 0 Å². The summed E-state index contributed by atoms with van der Waals surface area (Å²) >= 11 is 0. The molecule has 22 heavy (non-hydrogen) atoms. The summed E-state index contributed by atoms with van der Waals surface area (Å²) in [5.74, 6) is 0.535. The minimum absolute atomic E-state index is 0.0849. The Balaban J connectivity index is 1.94. The topological polar surface area (TPSA) is 51.1 Å². The van der Waals surface area contributed by atoms with Gasteiger partial charge in [-0.05, 0) is 23.6 Å². The largest absolute Gasteiger partial charge is 0.488 e. The molecule has 0 spiro atoms. The predicted octanol–water partition coefficient (Wildman–Crippen LogP) is 3.05. The number of hydrogen-bond acceptors (Lipinski definition) is 2. The van der Waals surface area contributed by atoms with Crippen LogP contribution in [0.2, 0.25) is 0 Å². The van der Waals surface area contributed by atoms with Crippen LogP contribution in [-0.4, -0.2) is 4.57 Å². The molecular formula is C18H16NO3. The number of pyridine rings is 1. The Morgan fingerprint density at radius 1 is 1.00 bits per heavy atom. The van der Waals surface area contributed by atoms with Crippen molar-refractivity contribution in [3.05, 3.63) is 76.1 Å². The molecule has 1 aromatic heterocycles. The van der Waals surface area contributed by atoms with Crippen LogP contribution in [-0.2, 0) is 25.4 Å². The van der Waals surface area contributed by atoms with Gasteiger partial charge in [0.25, 0.3) is 5.56 Å². The van der Waals surface area contributed by atoms with Gasteiger partial charge in [-0.1, -0.05) is 36.4 Å². The van der Waals surface area contributed by atoms with Crippen molar-refractivity contribution in [1.29, 1.82) is 0 Å². The third-order valence-corrected chi connectivity index (χ3v) is 3.72. The molecule has 0 fully saturated rings. The average molecular weight is 294 g/mol. The molecular weight excluding hydrogens is 278 g/mol. The SMILES string of the molecule is Cn1c(=O)c(COc2ccccc2C[O])cc2ccccc21. The molecule has 0 amide bonds. The standard InChI is InChI=1S/C18H16NO3/c1-19-16-8-4-2-6-13(16)10-15(18(19)21)12-22-17-9-5-3-7-14(17)11-20/h2-10H,11-12H2,1H3. The van der Waals surface area contributed by atoms with Gasteiger partial charge in [0.1, 0.15) is 19.0 Å². The number of benzene rings is 2. The van der Waals surface area contributed by atoms with Gasteiger partial charge in [-0.3, -0.25) is 4.79 Å². The van der Waals surface area contributed by atoms with E-state index in [9.17, 15) is 9.90 Å². The van der Waals surface area contributed by atoms with Gasteiger partial charge in [-0.15, -0.1) is 0 Å². The summed E-state index contributed by atoms with van der Waals surface area (Å²) in [4.78, 5) is 12.4. The molecule has 4 heteroatoms. The normalized spacial score (nSPS) is 10.8.